The Balaban J connectivity index is 0.000000550. The number of rotatable bonds is 4. The van der Waals surface area contributed by atoms with Crippen LogP contribution in [-0.2, 0) is 16.1 Å². The molecule has 0 N–H and O–H groups in total. The van der Waals surface area contributed by atoms with Crippen LogP contribution >= 0.6 is 0 Å². The number of hydrogen-bond acceptors (Lipinski definition) is 3. The van der Waals surface area contributed by atoms with E-state index in [1.165, 1.54) is 16.7 Å². The number of benzene rings is 1. The highest BCUT2D eigenvalue weighted by Gasteiger charge is 2.25. The molecule has 3 heteroatoms. The van der Waals surface area contributed by atoms with Gasteiger partial charge in [0.15, 0.2) is 0 Å². The lowest BCUT2D eigenvalue weighted by Crippen LogP contribution is -2.46. The van der Waals surface area contributed by atoms with Crippen molar-refractivity contribution < 1.29 is 9.53 Å². The van der Waals surface area contributed by atoms with Crippen molar-refractivity contribution in [1.29, 1.82) is 0 Å². The van der Waals surface area contributed by atoms with Gasteiger partial charge >= 0.3 is 0 Å². The van der Waals surface area contributed by atoms with Gasteiger partial charge in [0.1, 0.15) is 6.29 Å². The summed E-state index contributed by atoms with van der Waals surface area (Å²) in [6.45, 7) is 8.64. The molecule has 0 aliphatic carbocycles. The first kappa shape index (κ1) is 15.6. The smallest absolute Gasteiger partial charge is 0.125 e. The van der Waals surface area contributed by atoms with Crippen molar-refractivity contribution in [2.45, 2.75) is 13.5 Å². The van der Waals surface area contributed by atoms with Crippen LogP contribution < -0.4 is 0 Å². The van der Waals surface area contributed by atoms with Crippen LogP contribution in [0.15, 0.2) is 24.8 Å². The predicted molar refractivity (Wildman–Crippen MR) is 79.0 cm³/mol. The van der Waals surface area contributed by atoms with Crippen molar-refractivity contribution in [3.63, 3.8) is 0 Å². The van der Waals surface area contributed by atoms with Gasteiger partial charge in [-0.15, -0.1) is 0 Å². The third-order valence-corrected chi connectivity index (χ3v) is 3.09. The zero-order chi connectivity index (χ0) is 14.3. The maximum absolute atomic E-state index is 10.5. The zero-order valence-corrected chi connectivity index (χ0v) is 12.1. The molecule has 0 unspecified atom stereocenters. The van der Waals surface area contributed by atoms with E-state index in [1.54, 1.807) is 14.2 Å². The van der Waals surface area contributed by atoms with Crippen LogP contribution in [0.5, 0.6) is 0 Å². The number of hydrogen-bond donors (Lipinski definition) is 0. The average molecular weight is 261 g/mol. The largest absolute Gasteiger partial charge is 0.388 e. The maximum atomic E-state index is 10.5. The molecular formula is C16H23NO2. The Hall–Kier alpha value is -1.45. The second-order valence-corrected chi connectivity index (χ2v) is 4.90. The summed E-state index contributed by atoms with van der Waals surface area (Å²) in [6, 6.07) is 6.43. The molecule has 3 nitrogen and oxygen atoms in total. The predicted octanol–water partition coefficient (Wildman–Crippen LogP) is 2.53. The van der Waals surface area contributed by atoms with Gasteiger partial charge in [-0.2, -0.15) is 0 Å². The first-order valence-electron chi connectivity index (χ1n) is 6.44. The molecule has 0 atom stereocenters. The number of aldehydes is 1. The number of carbonyl (C=O) groups excluding carboxylic acids is 1. The molecule has 0 amide bonds. The van der Waals surface area contributed by atoms with E-state index >= 15 is 0 Å². The molecule has 0 bridgehead atoms. The van der Waals surface area contributed by atoms with Crippen LogP contribution in [0, 0.1) is 12.8 Å². The lowest BCUT2D eigenvalue weighted by atomic mass is 9.98. The van der Waals surface area contributed by atoms with Crippen LogP contribution in [0.3, 0.4) is 0 Å². The summed E-state index contributed by atoms with van der Waals surface area (Å²) in [5.41, 5.74) is 3.76. The molecule has 2 rings (SSSR count). The average Bonchev–Trinajstić information content (AvgIpc) is 2.35. The first-order valence-corrected chi connectivity index (χ1v) is 6.44. The second kappa shape index (κ2) is 7.87. The molecule has 104 valence electrons. The molecule has 1 aliphatic rings. The summed E-state index contributed by atoms with van der Waals surface area (Å²) in [5, 5.41) is 0. The minimum absolute atomic E-state index is 0.248. The highest BCUT2D eigenvalue weighted by atomic mass is 16.4. The highest BCUT2D eigenvalue weighted by molar-refractivity contribution is 5.56. The molecular weight excluding hydrogens is 238 g/mol. The Morgan fingerprint density at radius 3 is 2.58 bits per heavy atom. The molecule has 19 heavy (non-hydrogen) atoms. The monoisotopic (exact) mass is 261 g/mol. The third-order valence-electron chi connectivity index (χ3n) is 3.09. The molecule has 0 aromatic heterocycles. The first-order chi connectivity index (χ1) is 9.14. The number of nitrogens with zero attached hydrogens (tertiary/aromatic N) is 1. The number of aryl methyl sites for hydroxylation is 1. The molecule has 0 radical (unpaired) electrons. The Morgan fingerprint density at radius 2 is 2.05 bits per heavy atom. The van der Waals surface area contributed by atoms with Crippen LogP contribution in [0.1, 0.15) is 16.7 Å². The van der Waals surface area contributed by atoms with E-state index in [4.69, 9.17) is 0 Å². The third kappa shape index (κ3) is 4.62. The van der Waals surface area contributed by atoms with E-state index in [9.17, 15) is 4.79 Å². The number of ether oxygens (including phenoxy) is 1. The van der Waals surface area contributed by atoms with Gasteiger partial charge in [0, 0.05) is 39.8 Å². The summed E-state index contributed by atoms with van der Waals surface area (Å²) >= 11 is 0. The Bertz CT molecular complexity index is 423. The highest BCUT2D eigenvalue weighted by Crippen LogP contribution is 2.20. The Labute approximate surface area is 115 Å². The fourth-order valence-electron chi connectivity index (χ4n) is 2.11. The van der Waals surface area contributed by atoms with Gasteiger partial charge in [0.2, 0.25) is 0 Å². The fourth-order valence-corrected chi connectivity index (χ4v) is 2.11. The summed E-state index contributed by atoms with van der Waals surface area (Å²) < 4.78 is 4.25. The summed E-state index contributed by atoms with van der Waals surface area (Å²) in [5.74, 6) is 0.248. The Kier molecular flexibility index (Phi) is 6.46. The van der Waals surface area contributed by atoms with Crippen LogP contribution in [0.4, 0.5) is 0 Å². The molecule has 1 aromatic carbocycles. The fraction of sp³-hybridized carbons (Fsp3) is 0.438. The van der Waals surface area contributed by atoms with Gasteiger partial charge in [-0.1, -0.05) is 36.4 Å². The molecule has 0 spiro atoms. The molecule has 1 heterocycles. The van der Waals surface area contributed by atoms with E-state index in [-0.39, 0.29) is 5.92 Å². The summed E-state index contributed by atoms with van der Waals surface area (Å²) in [4.78, 5) is 12.8. The maximum Gasteiger partial charge on any atom is 0.125 e. The van der Waals surface area contributed by atoms with Crippen LogP contribution in [0.25, 0.3) is 6.08 Å². The normalized spacial score (nSPS) is 15.1. The van der Waals surface area contributed by atoms with Gasteiger partial charge in [0.25, 0.3) is 0 Å². The second-order valence-electron chi connectivity index (χ2n) is 4.90. The van der Waals surface area contributed by atoms with Gasteiger partial charge in [-0.3, -0.25) is 4.90 Å². The molecule has 1 aromatic rings. The van der Waals surface area contributed by atoms with E-state index < -0.39 is 0 Å². The van der Waals surface area contributed by atoms with E-state index in [0.29, 0.717) is 0 Å². The van der Waals surface area contributed by atoms with Crippen LogP contribution in [0.2, 0.25) is 0 Å². The van der Waals surface area contributed by atoms with Gasteiger partial charge in [-0.05, 0) is 18.1 Å². The van der Waals surface area contributed by atoms with Gasteiger partial charge in [-0.25, -0.2) is 0 Å². The lowest BCUT2D eigenvalue weighted by Gasteiger charge is -2.36. The van der Waals surface area contributed by atoms with Crippen molar-refractivity contribution in [2.75, 3.05) is 27.3 Å². The minimum Gasteiger partial charge on any atom is -0.388 e. The zero-order valence-electron chi connectivity index (χ0n) is 12.1. The van der Waals surface area contributed by atoms with Gasteiger partial charge < -0.3 is 9.53 Å². The number of methoxy groups -OCH3 is 1. The molecule has 1 fully saturated rings. The minimum atomic E-state index is 0.248. The van der Waals surface area contributed by atoms with Crippen molar-refractivity contribution >= 4 is 12.4 Å². The standard InChI is InChI=1S/C14H17NO.C2H6O/c1-3-13-6-11(2)4-5-14(13)9-15-7-12(8-15)10-16;1-3-2/h3-6,10,12H,1,7-9H2,2H3;1-2H3. The van der Waals surface area contributed by atoms with Crippen molar-refractivity contribution in [2.24, 2.45) is 5.92 Å². The SMILES string of the molecule is C=Cc1cc(C)ccc1CN1CC(C=O)C1.COC. The summed E-state index contributed by atoms with van der Waals surface area (Å²) in [7, 11) is 3.25. The number of likely N-dealkylation sites (tertiary alicyclic amines) is 1. The van der Waals surface area contributed by atoms with E-state index in [0.717, 1.165) is 25.9 Å². The van der Waals surface area contributed by atoms with E-state index in [2.05, 4.69) is 41.3 Å². The lowest BCUT2D eigenvalue weighted by molar-refractivity contribution is -0.115. The number of carbonyl (C=O) groups is 1. The van der Waals surface area contributed by atoms with Crippen molar-refractivity contribution in [3.8, 4) is 0 Å². The van der Waals surface area contributed by atoms with E-state index in [1.807, 2.05) is 6.08 Å². The quantitative estimate of drug-likeness (QED) is 0.780. The topological polar surface area (TPSA) is 29.5 Å². The Morgan fingerprint density at radius 1 is 1.42 bits per heavy atom. The van der Waals surface area contributed by atoms with Crippen LogP contribution in [-0.4, -0.2) is 38.5 Å². The molecule has 1 aliphatic heterocycles. The van der Waals surface area contributed by atoms with Gasteiger partial charge in [0.05, 0.1) is 0 Å². The summed E-state index contributed by atoms with van der Waals surface area (Å²) in [6.07, 6.45) is 2.96. The molecule has 1 saturated heterocycles. The molecule has 0 saturated carbocycles. The van der Waals surface area contributed by atoms with Crippen molar-refractivity contribution in [1.82, 2.24) is 4.90 Å². The van der Waals surface area contributed by atoms with Crippen molar-refractivity contribution in [3.05, 3.63) is 41.5 Å².